The number of aromatic amines is 1. The minimum absolute atomic E-state index is 0.244. The molecular formula is C7H9N3O2. The van der Waals surface area contributed by atoms with Crippen molar-refractivity contribution in [3.8, 4) is 0 Å². The van der Waals surface area contributed by atoms with E-state index in [4.69, 9.17) is 10.5 Å². The third kappa shape index (κ3) is 4.92. The summed E-state index contributed by atoms with van der Waals surface area (Å²) in [5, 5.41) is 0. The Hall–Kier alpha value is -1.91. The molecule has 0 aliphatic rings. The fraction of sp³-hybridized carbons (Fsp3) is 0. The van der Waals surface area contributed by atoms with Crippen LogP contribution in [0.1, 0.15) is 0 Å². The van der Waals surface area contributed by atoms with Crippen molar-refractivity contribution < 1.29 is 4.79 Å². The molecule has 0 unspecified atom stereocenters. The molecule has 1 rings (SSSR count). The summed E-state index contributed by atoms with van der Waals surface area (Å²) in [7, 11) is 0. The van der Waals surface area contributed by atoms with Crippen LogP contribution in [0.25, 0.3) is 0 Å². The van der Waals surface area contributed by atoms with E-state index in [1.54, 1.807) is 0 Å². The Balaban J connectivity index is 0.000000261. The van der Waals surface area contributed by atoms with E-state index in [0.717, 1.165) is 0 Å². The van der Waals surface area contributed by atoms with E-state index in [-0.39, 0.29) is 5.82 Å². The second-order valence-electron chi connectivity index (χ2n) is 1.69. The van der Waals surface area contributed by atoms with E-state index in [9.17, 15) is 4.79 Å². The predicted octanol–water partition coefficient (Wildman–Crippen LogP) is -0.277. The molecule has 0 radical (unpaired) electrons. The Kier molecular flexibility index (Phi) is 4.91. The molecule has 1 aromatic heterocycles. The molecule has 5 heteroatoms. The van der Waals surface area contributed by atoms with E-state index in [0.29, 0.717) is 6.29 Å². The van der Waals surface area contributed by atoms with Gasteiger partial charge in [-0.3, -0.25) is 4.79 Å². The summed E-state index contributed by atoms with van der Waals surface area (Å²) < 4.78 is 0. The maximum atomic E-state index is 10.2. The Morgan fingerprint density at radius 2 is 2.25 bits per heavy atom. The fourth-order valence-electron chi connectivity index (χ4n) is 0.385. The first-order valence-electron chi connectivity index (χ1n) is 3.08. The Morgan fingerprint density at radius 3 is 2.50 bits per heavy atom. The minimum atomic E-state index is -0.412. The summed E-state index contributed by atoms with van der Waals surface area (Å²) in [5.74, 6) is 0.244. The number of nitrogens with one attached hydrogen (secondary N) is 1. The highest BCUT2D eigenvalue weighted by atomic mass is 16.1. The Bertz CT molecular complexity index is 300. The third-order valence-corrected chi connectivity index (χ3v) is 0.788. The van der Waals surface area contributed by atoms with Crippen molar-refractivity contribution in [3.05, 3.63) is 35.4 Å². The molecule has 0 aliphatic carbocycles. The lowest BCUT2D eigenvalue weighted by atomic mass is 10.6. The SMILES string of the molecule is C=CC=O.Nc1cc[nH]c(=O)n1. The number of allylic oxidation sites excluding steroid dienone is 1. The molecule has 0 amide bonds. The lowest BCUT2D eigenvalue weighted by molar-refractivity contribution is -0.104. The van der Waals surface area contributed by atoms with Gasteiger partial charge in [-0.15, -0.1) is 0 Å². The number of carbonyl (C=O) groups is 1. The zero-order chi connectivity index (χ0) is 9.40. The first-order chi connectivity index (χ1) is 5.70. The van der Waals surface area contributed by atoms with Crippen molar-refractivity contribution in [2.75, 3.05) is 5.73 Å². The molecular weight excluding hydrogens is 158 g/mol. The van der Waals surface area contributed by atoms with Crippen molar-refractivity contribution in [2.45, 2.75) is 0 Å². The van der Waals surface area contributed by atoms with Crippen molar-refractivity contribution in [1.82, 2.24) is 9.97 Å². The smallest absolute Gasteiger partial charge is 0.346 e. The lowest BCUT2D eigenvalue weighted by Crippen LogP contribution is -2.10. The third-order valence-electron chi connectivity index (χ3n) is 0.788. The molecule has 0 aliphatic heterocycles. The van der Waals surface area contributed by atoms with Crippen LogP contribution in [-0.2, 0) is 4.79 Å². The molecule has 0 bridgehead atoms. The number of aromatic nitrogens is 2. The first-order valence-corrected chi connectivity index (χ1v) is 3.08. The van der Waals surface area contributed by atoms with Crippen LogP contribution in [0, 0.1) is 0 Å². The molecule has 0 saturated carbocycles. The van der Waals surface area contributed by atoms with Gasteiger partial charge in [0.15, 0.2) is 0 Å². The van der Waals surface area contributed by atoms with Crippen LogP contribution in [0.15, 0.2) is 29.7 Å². The molecule has 5 nitrogen and oxygen atoms in total. The van der Waals surface area contributed by atoms with Crippen LogP contribution >= 0.6 is 0 Å². The van der Waals surface area contributed by atoms with Gasteiger partial charge < -0.3 is 10.7 Å². The van der Waals surface area contributed by atoms with Crippen LogP contribution in [0.2, 0.25) is 0 Å². The number of hydrogen-bond acceptors (Lipinski definition) is 4. The summed E-state index contributed by atoms with van der Waals surface area (Å²) in [4.78, 5) is 25.0. The molecule has 0 fully saturated rings. The standard InChI is InChI=1S/C4H5N3O.C3H4O/c5-3-1-2-6-4(8)7-3;1-2-3-4/h1-2H,(H3,5,6,7,8);2-3H,1H2. The van der Waals surface area contributed by atoms with E-state index in [1.807, 2.05) is 0 Å². The predicted molar refractivity (Wildman–Crippen MR) is 45.5 cm³/mol. The van der Waals surface area contributed by atoms with E-state index < -0.39 is 5.69 Å². The first kappa shape index (κ1) is 10.1. The highest BCUT2D eigenvalue weighted by Gasteiger charge is 1.81. The number of carbonyl (C=O) groups excluding carboxylic acids is 1. The fourth-order valence-corrected chi connectivity index (χ4v) is 0.385. The summed E-state index contributed by atoms with van der Waals surface area (Å²) in [6.07, 6.45) is 3.28. The van der Waals surface area contributed by atoms with Gasteiger partial charge in [-0.2, -0.15) is 4.98 Å². The summed E-state index contributed by atoms with van der Waals surface area (Å²) in [5.41, 5.74) is 4.72. The average Bonchev–Trinajstić information content (AvgIpc) is 2.04. The second kappa shape index (κ2) is 5.84. The number of rotatable bonds is 1. The van der Waals surface area contributed by atoms with Gasteiger partial charge in [-0.1, -0.05) is 6.58 Å². The van der Waals surface area contributed by atoms with Crippen LogP contribution in [0.4, 0.5) is 5.82 Å². The second-order valence-corrected chi connectivity index (χ2v) is 1.69. The average molecular weight is 167 g/mol. The largest absolute Gasteiger partial charge is 0.383 e. The summed E-state index contributed by atoms with van der Waals surface area (Å²) in [6.45, 7) is 3.11. The maximum absolute atomic E-state index is 10.2. The van der Waals surface area contributed by atoms with Gasteiger partial charge in [0.05, 0.1) is 0 Å². The van der Waals surface area contributed by atoms with Crippen molar-refractivity contribution in [3.63, 3.8) is 0 Å². The number of hydrogen-bond donors (Lipinski definition) is 2. The molecule has 64 valence electrons. The summed E-state index contributed by atoms with van der Waals surface area (Å²) >= 11 is 0. The molecule has 1 aromatic rings. The van der Waals surface area contributed by atoms with Crippen LogP contribution in [0.5, 0.6) is 0 Å². The van der Waals surface area contributed by atoms with E-state index in [1.165, 1.54) is 18.3 Å². The quantitative estimate of drug-likeness (QED) is 0.445. The van der Waals surface area contributed by atoms with E-state index in [2.05, 4.69) is 16.5 Å². The molecule has 0 atom stereocenters. The number of H-pyrrole nitrogens is 1. The van der Waals surface area contributed by atoms with E-state index >= 15 is 0 Å². The zero-order valence-corrected chi connectivity index (χ0v) is 6.36. The van der Waals surface area contributed by atoms with Gasteiger partial charge in [-0.25, -0.2) is 4.79 Å². The van der Waals surface area contributed by atoms with Crippen LogP contribution in [0.3, 0.4) is 0 Å². The van der Waals surface area contributed by atoms with Gasteiger partial charge in [0.1, 0.15) is 12.1 Å². The monoisotopic (exact) mass is 167 g/mol. The molecule has 0 saturated heterocycles. The van der Waals surface area contributed by atoms with Crippen LogP contribution in [-0.4, -0.2) is 16.3 Å². The van der Waals surface area contributed by atoms with Gasteiger partial charge >= 0.3 is 5.69 Å². The van der Waals surface area contributed by atoms with Gasteiger partial charge in [-0.05, 0) is 12.1 Å². The number of aldehydes is 1. The number of nitrogen functional groups attached to an aromatic ring is 1. The maximum Gasteiger partial charge on any atom is 0.346 e. The molecule has 0 aromatic carbocycles. The Morgan fingerprint density at radius 1 is 1.67 bits per heavy atom. The van der Waals surface area contributed by atoms with Gasteiger partial charge in [0, 0.05) is 6.20 Å². The molecule has 1 heterocycles. The zero-order valence-electron chi connectivity index (χ0n) is 6.36. The number of nitrogens with zero attached hydrogens (tertiary/aromatic N) is 1. The molecule has 12 heavy (non-hydrogen) atoms. The van der Waals surface area contributed by atoms with Crippen molar-refractivity contribution in [1.29, 1.82) is 0 Å². The van der Waals surface area contributed by atoms with Gasteiger partial charge in [0.25, 0.3) is 0 Å². The highest BCUT2D eigenvalue weighted by Crippen LogP contribution is 1.82. The number of anilines is 1. The lowest BCUT2D eigenvalue weighted by Gasteiger charge is -1.83. The van der Waals surface area contributed by atoms with Crippen molar-refractivity contribution >= 4 is 12.1 Å². The summed E-state index contributed by atoms with van der Waals surface area (Å²) in [6, 6.07) is 1.52. The number of nitrogens with two attached hydrogens (primary N) is 1. The molecule has 0 spiro atoms. The molecule has 3 N–H and O–H groups in total. The minimum Gasteiger partial charge on any atom is -0.383 e. The van der Waals surface area contributed by atoms with Crippen LogP contribution < -0.4 is 11.4 Å². The Labute approximate surface area is 68.9 Å². The van der Waals surface area contributed by atoms with Gasteiger partial charge in [0.2, 0.25) is 0 Å². The van der Waals surface area contributed by atoms with Crippen molar-refractivity contribution in [2.24, 2.45) is 0 Å². The topological polar surface area (TPSA) is 88.8 Å². The normalized spacial score (nSPS) is 7.67. The highest BCUT2D eigenvalue weighted by molar-refractivity contribution is 5.63.